The first-order valence-corrected chi connectivity index (χ1v) is 7.51. The Balaban J connectivity index is 1.83. The molecule has 1 aliphatic rings. The van der Waals surface area contributed by atoms with Crippen LogP contribution in [0.4, 0.5) is 10.5 Å². The molecule has 1 heterocycles. The Morgan fingerprint density at radius 1 is 1.33 bits per heavy atom. The van der Waals surface area contributed by atoms with Crippen molar-refractivity contribution in [1.82, 2.24) is 9.80 Å². The Kier molecular flexibility index (Phi) is 5.85. The highest BCUT2D eigenvalue weighted by Gasteiger charge is 2.20. The van der Waals surface area contributed by atoms with Crippen molar-refractivity contribution >= 4 is 23.3 Å². The van der Waals surface area contributed by atoms with Gasteiger partial charge in [-0.2, -0.15) is 0 Å². The van der Waals surface area contributed by atoms with Crippen molar-refractivity contribution in [2.45, 2.75) is 6.92 Å². The molecule has 2 amide bonds. The number of benzene rings is 1. The molecule has 6 heteroatoms. The van der Waals surface area contributed by atoms with Gasteiger partial charge in [0.1, 0.15) is 0 Å². The molecule has 0 aromatic heterocycles. The van der Waals surface area contributed by atoms with E-state index in [0.717, 1.165) is 50.6 Å². The van der Waals surface area contributed by atoms with Crippen LogP contribution in [-0.4, -0.2) is 62.3 Å². The van der Waals surface area contributed by atoms with Crippen LogP contribution in [0, 0.1) is 6.92 Å². The topological polar surface area (TPSA) is 44.8 Å². The first-order valence-electron chi connectivity index (χ1n) is 7.13. The van der Waals surface area contributed by atoms with Crippen molar-refractivity contribution in [1.29, 1.82) is 0 Å². The highest BCUT2D eigenvalue weighted by Crippen LogP contribution is 2.20. The number of urea groups is 1. The monoisotopic (exact) mass is 311 g/mol. The van der Waals surface area contributed by atoms with Gasteiger partial charge < -0.3 is 15.0 Å². The van der Waals surface area contributed by atoms with Gasteiger partial charge in [-0.15, -0.1) is 0 Å². The van der Waals surface area contributed by atoms with Gasteiger partial charge in [-0.1, -0.05) is 17.7 Å². The van der Waals surface area contributed by atoms with Gasteiger partial charge in [0.2, 0.25) is 0 Å². The van der Waals surface area contributed by atoms with E-state index in [4.69, 9.17) is 16.3 Å². The summed E-state index contributed by atoms with van der Waals surface area (Å²) in [7, 11) is 1.70. The summed E-state index contributed by atoms with van der Waals surface area (Å²) in [5, 5.41) is 3.56. The predicted molar refractivity (Wildman–Crippen MR) is 85.1 cm³/mol. The third-order valence-electron chi connectivity index (χ3n) is 3.69. The molecule has 2 rings (SSSR count). The molecule has 1 saturated heterocycles. The van der Waals surface area contributed by atoms with Crippen molar-refractivity contribution in [3.05, 3.63) is 28.8 Å². The molecule has 0 aliphatic carbocycles. The Morgan fingerprint density at radius 3 is 2.67 bits per heavy atom. The van der Waals surface area contributed by atoms with E-state index >= 15 is 0 Å². The lowest BCUT2D eigenvalue weighted by Crippen LogP contribution is -2.50. The van der Waals surface area contributed by atoms with Crippen LogP contribution in [0.5, 0.6) is 0 Å². The lowest BCUT2D eigenvalue weighted by Gasteiger charge is -2.34. The van der Waals surface area contributed by atoms with Crippen LogP contribution in [0.2, 0.25) is 5.02 Å². The summed E-state index contributed by atoms with van der Waals surface area (Å²) >= 11 is 6.07. The molecule has 5 nitrogen and oxygen atoms in total. The van der Waals surface area contributed by atoms with Crippen LogP contribution < -0.4 is 5.32 Å². The number of carbonyl (C=O) groups is 1. The molecule has 21 heavy (non-hydrogen) atoms. The summed E-state index contributed by atoms with van der Waals surface area (Å²) in [5.74, 6) is 0. The number of hydrogen-bond acceptors (Lipinski definition) is 3. The molecule has 1 aromatic carbocycles. The minimum Gasteiger partial charge on any atom is -0.383 e. The summed E-state index contributed by atoms with van der Waals surface area (Å²) in [6.07, 6.45) is 0. The number of nitrogens with one attached hydrogen (secondary N) is 1. The first kappa shape index (κ1) is 16.1. The number of halogens is 1. The smallest absolute Gasteiger partial charge is 0.321 e. The first-order chi connectivity index (χ1) is 10.1. The van der Waals surface area contributed by atoms with Crippen molar-refractivity contribution in [2.24, 2.45) is 0 Å². The second-order valence-electron chi connectivity index (χ2n) is 5.22. The van der Waals surface area contributed by atoms with Crippen LogP contribution in [0.1, 0.15) is 5.56 Å². The molecule has 0 radical (unpaired) electrons. The molecule has 116 valence electrons. The summed E-state index contributed by atoms with van der Waals surface area (Å²) in [6.45, 7) is 6.81. The van der Waals surface area contributed by atoms with Gasteiger partial charge in [0.25, 0.3) is 0 Å². The zero-order valence-electron chi connectivity index (χ0n) is 12.6. The van der Waals surface area contributed by atoms with Crippen LogP contribution >= 0.6 is 11.6 Å². The van der Waals surface area contributed by atoms with Crippen LogP contribution in [0.3, 0.4) is 0 Å². The summed E-state index contributed by atoms with van der Waals surface area (Å²) in [4.78, 5) is 16.3. The van der Waals surface area contributed by atoms with Crippen molar-refractivity contribution < 1.29 is 9.53 Å². The lowest BCUT2D eigenvalue weighted by molar-refractivity contribution is 0.109. The number of amides is 2. The Bertz CT molecular complexity index is 488. The fraction of sp³-hybridized carbons (Fsp3) is 0.533. The third kappa shape index (κ3) is 4.59. The van der Waals surface area contributed by atoms with Gasteiger partial charge in [0, 0.05) is 50.5 Å². The molecular formula is C15H22ClN3O2. The predicted octanol–water partition coefficient (Wildman–Crippen LogP) is 2.44. The fourth-order valence-corrected chi connectivity index (χ4v) is 2.45. The van der Waals surface area contributed by atoms with E-state index in [-0.39, 0.29) is 6.03 Å². The molecule has 0 atom stereocenters. The number of hydrogen-bond donors (Lipinski definition) is 1. The number of piperazine rings is 1. The van der Waals surface area contributed by atoms with E-state index in [1.807, 2.05) is 24.0 Å². The number of ether oxygens (including phenoxy) is 1. The van der Waals surface area contributed by atoms with E-state index in [0.29, 0.717) is 5.02 Å². The number of anilines is 1. The van der Waals surface area contributed by atoms with E-state index in [1.54, 1.807) is 13.2 Å². The zero-order chi connectivity index (χ0) is 15.2. The Hall–Kier alpha value is -1.30. The maximum absolute atomic E-state index is 12.2. The molecule has 0 spiro atoms. The average Bonchev–Trinajstić information content (AvgIpc) is 2.49. The summed E-state index contributed by atoms with van der Waals surface area (Å²) in [6, 6.07) is 5.49. The normalized spacial score (nSPS) is 16.0. The van der Waals surface area contributed by atoms with E-state index in [2.05, 4.69) is 10.2 Å². The number of aryl methyl sites for hydroxylation is 1. The quantitative estimate of drug-likeness (QED) is 0.929. The van der Waals surface area contributed by atoms with Crippen LogP contribution in [-0.2, 0) is 4.74 Å². The van der Waals surface area contributed by atoms with E-state index in [9.17, 15) is 4.79 Å². The number of carbonyl (C=O) groups excluding carboxylic acids is 1. The van der Waals surface area contributed by atoms with E-state index < -0.39 is 0 Å². The van der Waals surface area contributed by atoms with Crippen LogP contribution in [0.25, 0.3) is 0 Å². The van der Waals surface area contributed by atoms with Gasteiger partial charge >= 0.3 is 6.03 Å². The Morgan fingerprint density at radius 2 is 2.05 bits per heavy atom. The summed E-state index contributed by atoms with van der Waals surface area (Å²) < 4.78 is 5.07. The standard InChI is InChI=1S/C15H22ClN3O2/c1-12-3-4-13(11-14(12)16)17-15(20)19-7-5-18(6-8-19)9-10-21-2/h3-4,11H,5-10H2,1-2H3,(H,17,20). The number of rotatable bonds is 4. The SMILES string of the molecule is COCCN1CCN(C(=O)Nc2ccc(C)c(Cl)c2)CC1. The number of methoxy groups -OCH3 is 1. The number of nitrogens with zero attached hydrogens (tertiary/aromatic N) is 2. The summed E-state index contributed by atoms with van der Waals surface area (Å²) in [5.41, 5.74) is 1.74. The van der Waals surface area contributed by atoms with Crippen LogP contribution in [0.15, 0.2) is 18.2 Å². The molecule has 1 aliphatic heterocycles. The molecule has 0 saturated carbocycles. The second kappa shape index (κ2) is 7.64. The second-order valence-corrected chi connectivity index (χ2v) is 5.62. The Labute approximate surface area is 130 Å². The largest absolute Gasteiger partial charge is 0.383 e. The minimum atomic E-state index is -0.0682. The van der Waals surface area contributed by atoms with E-state index in [1.165, 1.54) is 0 Å². The van der Waals surface area contributed by atoms with Gasteiger partial charge in [-0.05, 0) is 24.6 Å². The molecule has 1 fully saturated rings. The highest BCUT2D eigenvalue weighted by atomic mass is 35.5. The van der Waals surface area contributed by atoms with Crippen molar-refractivity contribution in [3.63, 3.8) is 0 Å². The maximum atomic E-state index is 12.2. The maximum Gasteiger partial charge on any atom is 0.321 e. The van der Waals surface area contributed by atoms with Gasteiger partial charge in [-0.25, -0.2) is 4.79 Å². The molecule has 1 N–H and O–H groups in total. The molecule has 0 bridgehead atoms. The van der Waals surface area contributed by atoms with Gasteiger partial charge in [0.15, 0.2) is 0 Å². The van der Waals surface area contributed by atoms with Gasteiger partial charge in [0.05, 0.1) is 6.61 Å². The zero-order valence-corrected chi connectivity index (χ0v) is 13.3. The fourth-order valence-electron chi connectivity index (χ4n) is 2.27. The highest BCUT2D eigenvalue weighted by molar-refractivity contribution is 6.31. The molecule has 1 aromatic rings. The van der Waals surface area contributed by atoms with Crippen molar-refractivity contribution in [3.8, 4) is 0 Å². The van der Waals surface area contributed by atoms with Crippen molar-refractivity contribution in [2.75, 3.05) is 51.8 Å². The minimum absolute atomic E-state index is 0.0682. The third-order valence-corrected chi connectivity index (χ3v) is 4.10. The average molecular weight is 312 g/mol. The molecule has 0 unspecified atom stereocenters. The molecular weight excluding hydrogens is 290 g/mol. The lowest BCUT2D eigenvalue weighted by atomic mass is 10.2. The van der Waals surface area contributed by atoms with Gasteiger partial charge in [-0.3, -0.25) is 4.90 Å².